The first-order chi connectivity index (χ1) is 20.4. The highest BCUT2D eigenvalue weighted by atomic mass is 19.1. The summed E-state index contributed by atoms with van der Waals surface area (Å²) in [5.41, 5.74) is 3.48. The van der Waals surface area contributed by atoms with Crippen LogP contribution >= 0.6 is 0 Å². The molecule has 0 fully saturated rings. The number of hydrogen-bond donors (Lipinski definition) is 1. The van der Waals surface area contributed by atoms with Crippen LogP contribution in [0.3, 0.4) is 0 Å². The predicted molar refractivity (Wildman–Crippen MR) is 157 cm³/mol. The fourth-order valence-electron chi connectivity index (χ4n) is 4.71. The third-order valence-corrected chi connectivity index (χ3v) is 6.94. The number of rotatable bonds is 10. The van der Waals surface area contributed by atoms with Crippen molar-refractivity contribution in [3.05, 3.63) is 114 Å². The maximum absolute atomic E-state index is 14.9. The van der Waals surface area contributed by atoms with Crippen molar-refractivity contribution >= 4 is 28.5 Å². The van der Waals surface area contributed by atoms with Crippen LogP contribution < -0.4 is 14.8 Å². The Hall–Kier alpha value is -5.25. The van der Waals surface area contributed by atoms with Crippen molar-refractivity contribution in [3.63, 3.8) is 0 Å². The number of fused-ring (bicyclic) bond motifs is 1. The molecule has 0 aliphatic carbocycles. The first-order valence-corrected chi connectivity index (χ1v) is 13.3. The molecule has 1 atom stereocenters. The number of para-hydroxylation sites is 1. The van der Waals surface area contributed by atoms with Crippen molar-refractivity contribution in [3.8, 4) is 11.5 Å². The summed E-state index contributed by atoms with van der Waals surface area (Å²) in [6.45, 7) is 1.56. The number of anilines is 1. The Labute approximate surface area is 242 Å². The molecule has 2 amide bonds. The van der Waals surface area contributed by atoms with Crippen LogP contribution in [0.5, 0.6) is 11.5 Å². The number of carbonyl (C=O) groups is 2. The fourth-order valence-corrected chi connectivity index (χ4v) is 4.71. The van der Waals surface area contributed by atoms with Gasteiger partial charge in [0, 0.05) is 18.2 Å². The van der Waals surface area contributed by atoms with Gasteiger partial charge in [0.2, 0.25) is 5.91 Å². The number of benzene rings is 4. The van der Waals surface area contributed by atoms with Gasteiger partial charge < -0.3 is 19.7 Å². The van der Waals surface area contributed by atoms with Gasteiger partial charge in [-0.1, -0.05) is 65.4 Å². The van der Waals surface area contributed by atoms with E-state index in [1.54, 1.807) is 54.6 Å². The zero-order valence-electron chi connectivity index (χ0n) is 23.5. The Balaban J connectivity index is 1.57. The number of aromatic nitrogens is 3. The topological polar surface area (TPSA) is 98.6 Å². The van der Waals surface area contributed by atoms with Crippen LogP contribution in [0.4, 0.5) is 10.1 Å². The molecule has 10 heteroatoms. The van der Waals surface area contributed by atoms with Gasteiger partial charge in [-0.3, -0.25) is 9.59 Å². The van der Waals surface area contributed by atoms with Gasteiger partial charge in [-0.2, -0.15) is 0 Å². The molecule has 9 nitrogen and oxygen atoms in total. The molecule has 0 saturated heterocycles. The van der Waals surface area contributed by atoms with Crippen molar-refractivity contribution in [1.82, 2.24) is 19.9 Å². The highest BCUT2D eigenvalue weighted by Crippen LogP contribution is 2.32. The number of amides is 2. The van der Waals surface area contributed by atoms with E-state index in [-0.39, 0.29) is 18.7 Å². The molecule has 0 saturated carbocycles. The monoisotopic (exact) mass is 567 g/mol. The van der Waals surface area contributed by atoms with E-state index in [4.69, 9.17) is 9.47 Å². The lowest BCUT2D eigenvalue weighted by molar-refractivity contribution is -0.140. The zero-order chi connectivity index (χ0) is 29.6. The second-order valence-corrected chi connectivity index (χ2v) is 9.72. The number of hydrogen-bond acceptors (Lipinski definition) is 6. The van der Waals surface area contributed by atoms with Gasteiger partial charge >= 0.3 is 0 Å². The molecule has 42 heavy (non-hydrogen) atoms. The summed E-state index contributed by atoms with van der Waals surface area (Å²) in [7, 11) is 3.02. The number of carbonyl (C=O) groups excluding carboxylic acids is 2. The third-order valence-electron chi connectivity index (χ3n) is 6.94. The number of aryl methyl sites for hydroxylation is 1. The van der Waals surface area contributed by atoms with Gasteiger partial charge in [-0.25, -0.2) is 9.07 Å². The molecule has 0 bridgehead atoms. The normalized spacial score (nSPS) is 11.6. The van der Waals surface area contributed by atoms with Crippen LogP contribution in [0.1, 0.15) is 22.7 Å². The van der Waals surface area contributed by atoms with Gasteiger partial charge in [0.05, 0.1) is 25.4 Å². The average molecular weight is 568 g/mol. The van der Waals surface area contributed by atoms with Crippen molar-refractivity contribution in [2.75, 3.05) is 19.5 Å². The summed E-state index contributed by atoms with van der Waals surface area (Å²) in [6, 6.07) is 24.6. The minimum Gasteiger partial charge on any atom is -0.497 e. The Morgan fingerprint density at radius 3 is 2.43 bits per heavy atom. The number of nitrogens with one attached hydrogen (secondary N) is 1. The molecule has 0 radical (unpaired) electrons. The summed E-state index contributed by atoms with van der Waals surface area (Å²) in [6.07, 6.45) is 0. The molecule has 1 N–H and O–H groups in total. The minimum absolute atomic E-state index is 0.163. The number of nitrogens with zero attached hydrogens (tertiary/aromatic N) is 4. The summed E-state index contributed by atoms with van der Waals surface area (Å²) in [5, 5.41) is 11.2. The van der Waals surface area contributed by atoms with E-state index in [1.807, 2.05) is 37.3 Å². The van der Waals surface area contributed by atoms with E-state index in [0.29, 0.717) is 33.8 Å². The molecule has 0 spiro atoms. The Morgan fingerprint density at radius 2 is 1.69 bits per heavy atom. The first kappa shape index (κ1) is 28.3. The maximum Gasteiger partial charge on any atom is 0.251 e. The maximum atomic E-state index is 14.9. The van der Waals surface area contributed by atoms with E-state index in [9.17, 15) is 14.0 Å². The first-order valence-electron chi connectivity index (χ1n) is 13.3. The molecule has 0 aliphatic rings. The van der Waals surface area contributed by atoms with E-state index in [0.717, 1.165) is 5.56 Å². The summed E-state index contributed by atoms with van der Waals surface area (Å²) in [4.78, 5) is 29.6. The van der Waals surface area contributed by atoms with E-state index >= 15 is 0 Å². The van der Waals surface area contributed by atoms with E-state index < -0.39 is 23.7 Å². The zero-order valence-corrected chi connectivity index (χ0v) is 23.5. The Bertz CT molecular complexity index is 1720. The van der Waals surface area contributed by atoms with Crippen LogP contribution in [-0.4, -0.2) is 45.9 Å². The molecule has 214 valence electrons. The highest BCUT2D eigenvalue weighted by molar-refractivity contribution is 5.99. The molecule has 1 aromatic heterocycles. The van der Waals surface area contributed by atoms with E-state index in [1.165, 1.54) is 29.9 Å². The predicted octanol–water partition coefficient (Wildman–Crippen LogP) is 5.30. The lowest BCUT2D eigenvalue weighted by atomic mass is 10.0. The highest BCUT2D eigenvalue weighted by Gasteiger charge is 2.33. The molecule has 0 aliphatic heterocycles. The lowest BCUT2D eigenvalue weighted by Crippen LogP contribution is -2.42. The van der Waals surface area contributed by atoms with Crippen molar-refractivity contribution in [2.45, 2.75) is 26.1 Å². The number of ether oxygens (including phenoxy) is 2. The quantitative estimate of drug-likeness (QED) is 0.246. The second kappa shape index (κ2) is 12.5. The summed E-state index contributed by atoms with van der Waals surface area (Å²) >= 11 is 0. The molecular formula is C32H30FN5O4. The molecule has 4 aromatic carbocycles. The smallest absolute Gasteiger partial charge is 0.251 e. The molecule has 5 aromatic rings. The summed E-state index contributed by atoms with van der Waals surface area (Å²) < 4.78 is 27.2. The van der Waals surface area contributed by atoms with Crippen LogP contribution in [0.2, 0.25) is 0 Å². The average Bonchev–Trinajstić information content (AvgIpc) is 3.41. The van der Waals surface area contributed by atoms with Gasteiger partial charge in [0.1, 0.15) is 35.4 Å². The SMILES string of the molecule is COc1ccc(NC(=O)C(c2ccc(C)cc2)N(Cc2ccccc2F)C(=O)Cn2nnc3ccccc32)c(OC)c1. The Morgan fingerprint density at radius 1 is 0.952 bits per heavy atom. The van der Waals surface area contributed by atoms with Crippen molar-refractivity contribution in [1.29, 1.82) is 0 Å². The second-order valence-electron chi connectivity index (χ2n) is 9.72. The van der Waals surface area contributed by atoms with Gasteiger partial charge in [-0.05, 0) is 42.8 Å². The van der Waals surface area contributed by atoms with Crippen LogP contribution in [0.25, 0.3) is 11.0 Å². The largest absolute Gasteiger partial charge is 0.497 e. The van der Waals surface area contributed by atoms with Gasteiger partial charge in [0.25, 0.3) is 5.91 Å². The van der Waals surface area contributed by atoms with Crippen LogP contribution in [0, 0.1) is 12.7 Å². The number of halogens is 1. The summed E-state index contributed by atoms with van der Waals surface area (Å²) in [5.74, 6) is -0.504. The third kappa shape index (κ3) is 6.07. The van der Waals surface area contributed by atoms with Gasteiger partial charge in [-0.15, -0.1) is 5.10 Å². The van der Waals surface area contributed by atoms with Crippen molar-refractivity contribution in [2.24, 2.45) is 0 Å². The van der Waals surface area contributed by atoms with Crippen LogP contribution in [-0.2, 0) is 22.7 Å². The Kier molecular flexibility index (Phi) is 8.42. The van der Waals surface area contributed by atoms with Crippen LogP contribution in [0.15, 0.2) is 91.0 Å². The lowest BCUT2D eigenvalue weighted by Gasteiger charge is -2.32. The fraction of sp³-hybridized carbons (Fsp3) is 0.188. The molecule has 1 heterocycles. The molecular weight excluding hydrogens is 537 g/mol. The molecule has 1 unspecified atom stereocenters. The number of methoxy groups -OCH3 is 2. The molecule has 5 rings (SSSR count). The van der Waals surface area contributed by atoms with Gasteiger partial charge in [0.15, 0.2) is 0 Å². The van der Waals surface area contributed by atoms with Crippen molar-refractivity contribution < 1.29 is 23.5 Å². The minimum atomic E-state index is -1.13. The van der Waals surface area contributed by atoms with E-state index in [2.05, 4.69) is 15.6 Å². The standard InChI is InChI=1S/C32H30FN5O4/c1-21-12-14-22(15-13-21)31(32(40)34-27-17-16-24(41-2)18-29(27)42-3)37(19-23-8-4-5-9-25(23)33)30(39)20-38-28-11-7-6-10-26(28)35-36-38/h4-18,31H,19-20H2,1-3H3,(H,34,40).